The summed E-state index contributed by atoms with van der Waals surface area (Å²) < 4.78 is 27.0. The summed E-state index contributed by atoms with van der Waals surface area (Å²) in [5.41, 5.74) is 4.73. The lowest BCUT2D eigenvalue weighted by atomic mass is 9.97. The van der Waals surface area contributed by atoms with Crippen molar-refractivity contribution in [1.82, 2.24) is 0 Å². The zero-order valence-corrected chi connectivity index (χ0v) is 14.4. The second-order valence-corrected chi connectivity index (χ2v) is 5.90. The summed E-state index contributed by atoms with van der Waals surface area (Å²) in [7, 11) is 0. The van der Waals surface area contributed by atoms with Crippen molar-refractivity contribution >= 4 is 17.4 Å². The van der Waals surface area contributed by atoms with Gasteiger partial charge in [-0.25, -0.2) is 8.78 Å². The molecular formula is C21H15F2N2O2-. The third-order valence-electron chi connectivity index (χ3n) is 3.95. The normalized spacial score (nSPS) is 11.3. The number of aryl methyl sites for hydroxylation is 1. The molecule has 0 saturated carbocycles. The molecule has 0 unspecified atom stereocenters. The minimum absolute atomic E-state index is 0.0352. The summed E-state index contributed by atoms with van der Waals surface area (Å²) in [6, 6.07) is 16.6. The molecule has 0 aliphatic rings. The molecule has 0 bridgehead atoms. The molecule has 0 spiro atoms. The van der Waals surface area contributed by atoms with Crippen LogP contribution in [0.15, 0.2) is 71.8 Å². The van der Waals surface area contributed by atoms with Gasteiger partial charge < -0.3 is 9.90 Å². The van der Waals surface area contributed by atoms with Gasteiger partial charge in [0.15, 0.2) is 5.82 Å². The number of carbonyl (C=O) groups is 1. The molecule has 0 aliphatic carbocycles. The molecule has 27 heavy (non-hydrogen) atoms. The van der Waals surface area contributed by atoms with Crippen LogP contribution in [-0.4, -0.2) is 11.7 Å². The Morgan fingerprint density at radius 2 is 1.63 bits per heavy atom. The number of hydrogen-bond acceptors (Lipinski definition) is 4. The molecule has 0 fully saturated rings. The average Bonchev–Trinajstić information content (AvgIpc) is 2.65. The molecule has 0 heterocycles. The van der Waals surface area contributed by atoms with Crippen LogP contribution in [0.4, 0.5) is 14.5 Å². The van der Waals surface area contributed by atoms with E-state index in [2.05, 4.69) is 10.5 Å². The SMILES string of the molecule is Cc1ccc(/C(=N/Nc2ccc(F)cc2F)c2ccccc2C(=O)[O-])cc1. The molecule has 136 valence electrons. The van der Waals surface area contributed by atoms with Crippen LogP contribution in [0.2, 0.25) is 0 Å². The fourth-order valence-corrected chi connectivity index (χ4v) is 2.56. The quantitative estimate of drug-likeness (QED) is 0.556. The smallest absolute Gasteiger partial charge is 0.151 e. The second-order valence-electron chi connectivity index (χ2n) is 5.90. The number of carboxylic acid groups (broad SMARTS) is 1. The Hall–Kier alpha value is -3.54. The molecule has 3 rings (SSSR count). The fourth-order valence-electron chi connectivity index (χ4n) is 2.56. The van der Waals surface area contributed by atoms with Gasteiger partial charge in [-0.05, 0) is 19.1 Å². The van der Waals surface area contributed by atoms with E-state index in [0.717, 1.165) is 17.7 Å². The Kier molecular flexibility index (Phi) is 5.26. The maximum absolute atomic E-state index is 13.9. The molecule has 0 atom stereocenters. The minimum atomic E-state index is -1.35. The number of carboxylic acids is 1. The zero-order valence-electron chi connectivity index (χ0n) is 14.4. The van der Waals surface area contributed by atoms with Gasteiger partial charge in [0, 0.05) is 22.8 Å². The van der Waals surface area contributed by atoms with Crippen molar-refractivity contribution in [3.63, 3.8) is 0 Å². The first kappa shape index (κ1) is 18.3. The molecule has 3 aromatic rings. The summed E-state index contributed by atoms with van der Waals surface area (Å²) in [5.74, 6) is -2.86. The van der Waals surface area contributed by atoms with E-state index < -0.39 is 17.6 Å². The van der Waals surface area contributed by atoms with Crippen LogP contribution in [-0.2, 0) is 0 Å². The highest BCUT2D eigenvalue weighted by Crippen LogP contribution is 2.19. The van der Waals surface area contributed by atoms with Crippen LogP contribution in [0.5, 0.6) is 0 Å². The lowest BCUT2D eigenvalue weighted by molar-refractivity contribution is -0.255. The standard InChI is InChI=1S/C21H16F2N2O2/c1-13-6-8-14(9-7-13)20(16-4-2-3-5-17(16)21(26)27)25-24-19-11-10-15(22)12-18(19)23/h2-12,24H,1H3,(H,26,27)/p-1/b25-20-. The van der Waals surface area contributed by atoms with Gasteiger partial charge in [0.25, 0.3) is 0 Å². The van der Waals surface area contributed by atoms with Crippen molar-refractivity contribution in [2.24, 2.45) is 5.10 Å². The van der Waals surface area contributed by atoms with Gasteiger partial charge in [0.2, 0.25) is 0 Å². The maximum atomic E-state index is 13.9. The van der Waals surface area contributed by atoms with E-state index in [1.54, 1.807) is 30.3 Å². The summed E-state index contributed by atoms with van der Waals surface area (Å²) in [5, 5.41) is 15.7. The van der Waals surface area contributed by atoms with Gasteiger partial charge in [-0.1, -0.05) is 54.1 Å². The van der Waals surface area contributed by atoms with Crippen LogP contribution >= 0.6 is 0 Å². The lowest BCUT2D eigenvalue weighted by Gasteiger charge is -2.14. The van der Waals surface area contributed by atoms with Gasteiger partial charge in [-0.2, -0.15) is 5.10 Å². The van der Waals surface area contributed by atoms with Crippen LogP contribution in [0.3, 0.4) is 0 Å². The van der Waals surface area contributed by atoms with Gasteiger partial charge in [-0.15, -0.1) is 0 Å². The third-order valence-corrected chi connectivity index (χ3v) is 3.95. The zero-order chi connectivity index (χ0) is 19.4. The Bertz CT molecular complexity index is 1010. The number of rotatable bonds is 5. The summed E-state index contributed by atoms with van der Waals surface area (Å²) in [6.45, 7) is 1.92. The molecule has 3 aromatic carbocycles. The van der Waals surface area contributed by atoms with Crippen LogP contribution in [0.1, 0.15) is 27.0 Å². The van der Waals surface area contributed by atoms with E-state index in [4.69, 9.17) is 0 Å². The third kappa shape index (κ3) is 4.17. The summed E-state index contributed by atoms with van der Waals surface area (Å²) in [4.78, 5) is 11.5. The highest BCUT2D eigenvalue weighted by atomic mass is 19.1. The highest BCUT2D eigenvalue weighted by Gasteiger charge is 2.13. The molecule has 6 heteroatoms. The molecule has 0 amide bonds. The Balaban J connectivity index is 2.10. The number of halogens is 2. The lowest BCUT2D eigenvalue weighted by Crippen LogP contribution is -2.25. The predicted octanol–water partition coefficient (Wildman–Crippen LogP) is 3.50. The van der Waals surface area contributed by atoms with Crippen LogP contribution in [0.25, 0.3) is 0 Å². The van der Waals surface area contributed by atoms with E-state index >= 15 is 0 Å². The fraction of sp³-hybridized carbons (Fsp3) is 0.0476. The second kappa shape index (κ2) is 7.78. The number of carbonyl (C=O) groups excluding carboxylic acids is 1. The first-order valence-electron chi connectivity index (χ1n) is 8.12. The Morgan fingerprint density at radius 1 is 0.963 bits per heavy atom. The van der Waals surface area contributed by atoms with Gasteiger partial charge in [-0.3, -0.25) is 5.43 Å². The number of benzene rings is 3. The van der Waals surface area contributed by atoms with Crippen LogP contribution < -0.4 is 10.5 Å². The highest BCUT2D eigenvalue weighted by molar-refractivity contribution is 6.17. The van der Waals surface area contributed by atoms with E-state index in [0.29, 0.717) is 16.8 Å². The largest absolute Gasteiger partial charge is 0.545 e. The van der Waals surface area contributed by atoms with Crippen molar-refractivity contribution in [1.29, 1.82) is 0 Å². The minimum Gasteiger partial charge on any atom is -0.545 e. The number of nitrogens with zero attached hydrogens (tertiary/aromatic N) is 1. The Morgan fingerprint density at radius 3 is 2.26 bits per heavy atom. The number of nitrogens with one attached hydrogen (secondary N) is 1. The number of hydrogen-bond donors (Lipinski definition) is 1. The van der Waals surface area contributed by atoms with Gasteiger partial charge >= 0.3 is 0 Å². The van der Waals surface area contributed by atoms with Crippen molar-refractivity contribution in [3.05, 3.63) is 101 Å². The molecule has 0 saturated heterocycles. The monoisotopic (exact) mass is 365 g/mol. The maximum Gasteiger partial charge on any atom is 0.151 e. The van der Waals surface area contributed by atoms with Crippen molar-refractivity contribution in [2.75, 3.05) is 5.43 Å². The molecule has 1 N–H and O–H groups in total. The number of hydrazone groups is 1. The topological polar surface area (TPSA) is 64.5 Å². The van der Waals surface area contributed by atoms with Crippen molar-refractivity contribution < 1.29 is 18.7 Å². The number of aromatic carboxylic acids is 1. The summed E-state index contributed by atoms with van der Waals surface area (Å²) in [6.07, 6.45) is 0. The van der Waals surface area contributed by atoms with Crippen LogP contribution in [0, 0.1) is 18.6 Å². The average molecular weight is 365 g/mol. The molecule has 4 nitrogen and oxygen atoms in total. The van der Waals surface area contributed by atoms with E-state index in [1.165, 1.54) is 12.1 Å². The van der Waals surface area contributed by atoms with E-state index in [1.807, 2.05) is 19.1 Å². The van der Waals surface area contributed by atoms with Crippen molar-refractivity contribution in [2.45, 2.75) is 6.92 Å². The molecular weight excluding hydrogens is 350 g/mol. The first-order chi connectivity index (χ1) is 13.0. The van der Waals surface area contributed by atoms with Crippen molar-refractivity contribution in [3.8, 4) is 0 Å². The molecule has 0 aromatic heterocycles. The number of anilines is 1. The Labute approximate surface area is 154 Å². The molecule has 0 radical (unpaired) electrons. The van der Waals surface area contributed by atoms with Gasteiger partial charge in [0.1, 0.15) is 5.82 Å². The van der Waals surface area contributed by atoms with E-state index in [9.17, 15) is 18.7 Å². The first-order valence-corrected chi connectivity index (χ1v) is 8.12. The van der Waals surface area contributed by atoms with Gasteiger partial charge in [0.05, 0.1) is 17.4 Å². The van der Waals surface area contributed by atoms with E-state index in [-0.39, 0.29) is 11.3 Å². The summed E-state index contributed by atoms with van der Waals surface area (Å²) >= 11 is 0. The predicted molar refractivity (Wildman–Crippen MR) is 97.6 cm³/mol. The molecule has 0 aliphatic heterocycles.